The number of rotatable bonds is 5. The number of nitrogens with zero attached hydrogens (tertiary/aromatic N) is 3. The van der Waals surface area contributed by atoms with Gasteiger partial charge in [-0.05, 0) is 43.3 Å². The highest BCUT2D eigenvalue weighted by Gasteiger charge is 2.28. The topological polar surface area (TPSA) is 36.4 Å². The third kappa shape index (κ3) is 3.82. The summed E-state index contributed by atoms with van der Waals surface area (Å²) in [5, 5.41) is 3.52. The van der Waals surface area contributed by atoms with Gasteiger partial charge in [0.15, 0.2) is 10.9 Å². The normalized spacial score (nSPS) is 18.8. The molecule has 1 aliphatic heterocycles. The second-order valence-corrected chi connectivity index (χ2v) is 8.81. The Morgan fingerprint density at radius 3 is 2.92 bits per heavy atom. The molecule has 1 fully saturated rings. The van der Waals surface area contributed by atoms with E-state index < -0.39 is 0 Å². The summed E-state index contributed by atoms with van der Waals surface area (Å²) in [5.41, 5.74) is 1.10. The van der Waals surface area contributed by atoms with Gasteiger partial charge in [0.25, 0.3) is 0 Å². The highest BCUT2D eigenvalue weighted by molar-refractivity contribution is 7.16. The Labute approximate surface area is 156 Å². The van der Waals surface area contributed by atoms with E-state index in [9.17, 15) is 4.79 Å². The van der Waals surface area contributed by atoms with Gasteiger partial charge in [0.05, 0.1) is 9.75 Å². The predicted molar refractivity (Wildman–Crippen MR) is 103 cm³/mol. The number of thiophene rings is 1. The Morgan fingerprint density at radius 2 is 2.29 bits per heavy atom. The van der Waals surface area contributed by atoms with Gasteiger partial charge in [0, 0.05) is 33.1 Å². The van der Waals surface area contributed by atoms with E-state index in [4.69, 9.17) is 11.6 Å². The number of hydrogen-bond acceptors (Lipinski definition) is 6. The van der Waals surface area contributed by atoms with Gasteiger partial charge in [-0.3, -0.25) is 9.69 Å². The van der Waals surface area contributed by atoms with E-state index in [0.717, 1.165) is 52.9 Å². The summed E-state index contributed by atoms with van der Waals surface area (Å²) in [6, 6.07) is 2.03. The molecule has 2 aromatic heterocycles. The fraction of sp³-hybridized carbons (Fsp3) is 0.529. The zero-order valence-corrected chi connectivity index (χ0v) is 16.6. The summed E-state index contributed by atoms with van der Waals surface area (Å²) in [5.74, 6) is 0.396. The maximum absolute atomic E-state index is 12.8. The molecule has 0 radical (unpaired) electrons. The zero-order chi connectivity index (χ0) is 17.3. The summed E-state index contributed by atoms with van der Waals surface area (Å²) in [6.07, 6.45) is 2.03. The highest BCUT2D eigenvalue weighted by atomic mass is 35.5. The van der Waals surface area contributed by atoms with Crippen LogP contribution in [0.4, 0.5) is 5.13 Å². The summed E-state index contributed by atoms with van der Waals surface area (Å²) < 4.78 is 0. The van der Waals surface area contributed by atoms with Crippen molar-refractivity contribution >= 4 is 45.2 Å². The smallest absolute Gasteiger partial charge is 0.186 e. The SMILES string of the molecule is Cc1ccsc1C(=O)[C@H]1CCCN(Cc2sc(N(C)C)nc2Cl)C1. The Bertz CT molecular complexity index is 725. The largest absolute Gasteiger partial charge is 0.354 e. The van der Waals surface area contributed by atoms with Crippen molar-refractivity contribution in [3.8, 4) is 0 Å². The predicted octanol–water partition coefficient (Wildman–Crippen LogP) is 4.33. The lowest BCUT2D eigenvalue weighted by molar-refractivity contribution is 0.0816. The third-order valence-electron chi connectivity index (χ3n) is 4.35. The monoisotopic (exact) mass is 383 g/mol. The van der Waals surface area contributed by atoms with Gasteiger partial charge < -0.3 is 4.90 Å². The average molecular weight is 384 g/mol. The van der Waals surface area contributed by atoms with E-state index in [-0.39, 0.29) is 5.92 Å². The van der Waals surface area contributed by atoms with Crippen LogP contribution in [0.1, 0.15) is 33.0 Å². The maximum atomic E-state index is 12.8. The molecule has 7 heteroatoms. The number of anilines is 1. The molecule has 1 atom stereocenters. The second kappa shape index (κ2) is 7.52. The number of ketones is 1. The third-order valence-corrected chi connectivity index (χ3v) is 7.01. The summed E-state index contributed by atoms with van der Waals surface area (Å²) in [6.45, 7) is 4.61. The van der Waals surface area contributed by atoms with Crippen LogP contribution in [0.5, 0.6) is 0 Å². The molecule has 0 N–H and O–H groups in total. The van der Waals surface area contributed by atoms with Crippen LogP contribution in [0.2, 0.25) is 5.15 Å². The molecule has 4 nitrogen and oxygen atoms in total. The van der Waals surface area contributed by atoms with E-state index in [1.165, 1.54) is 0 Å². The first-order valence-electron chi connectivity index (χ1n) is 8.09. The Kier molecular flexibility index (Phi) is 5.59. The van der Waals surface area contributed by atoms with Crippen LogP contribution >= 0.6 is 34.3 Å². The molecule has 1 aliphatic rings. The Hall–Kier alpha value is -0.950. The van der Waals surface area contributed by atoms with Crippen molar-refractivity contribution in [1.82, 2.24) is 9.88 Å². The van der Waals surface area contributed by atoms with E-state index >= 15 is 0 Å². The van der Waals surface area contributed by atoms with Crippen molar-refractivity contribution in [2.24, 2.45) is 5.92 Å². The molecular formula is C17H22ClN3OS2. The number of carbonyl (C=O) groups excluding carboxylic acids is 1. The molecule has 0 aliphatic carbocycles. The molecule has 0 saturated carbocycles. The molecule has 0 bridgehead atoms. The second-order valence-electron chi connectivity index (χ2n) is 6.48. The quantitative estimate of drug-likeness (QED) is 0.720. The summed E-state index contributed by atoms with van der Waals surface area (Å²) in [7, 11) is 3.94. The first-order valence-corrected chi connectivity index (χ1v) is 10.2. The maximum Gasteiger partial charge on any atom is 0.186 e. The standard InChI is InChI=1S/C17H22ClN3OS2/c1-11-6-8-23-15(11)14(22)12-5-4-7-21(9-12)10-13-16(18)19-17(24-13)20(2)3/h6,8,12H,4-5,7,9-10H2,1-3H3/t12-/m0/s1. The van der Waals surface area contributed by atoms with Crippen molar-refractivity contribution < 1.29 is 4.79 Å². The molecule has 0 spiro atoms. The summed E-state index contributed by atoms with van der Waals surface area (Å²) >= 11 is 9.48. The number of piperidine rings is 1. The first-order chi connectivity index (χ1) is 11.5. The first kappa shape index (κ1) is 17.9. The van der Waals surface area contributed by atoms with Crippen LogP contribution in [0.3, 0.4) is 0 Å². The molecule has 130 valence electrons. The number of aryl methyl sites for hydroxylation is 1. The molecule has 3 heterocycles. The van der Waals surface area contributed by atoms with E-state index in [1.54, 1.807) is 22.7 Å². The molecule has 0 aromatic carbocycles. The Morgan fingerprint density at radius 1 is 1.50 bits per heavy atom. The van der Waals surface area contributed by atoms with Gasteiger partial charge in [-0.15, -0.1) is 11.3 Å². The van der Waals surface area contributed by atoms with Gasteiger partial charge in [0.1, 0.15) is 5.15 Å². The van der Waals surface area contributed by atoms with E-state index in [0.29, 0.717) is 10.9 Å². The number of carbonyl (C=O) groups is 1. The Balaban J connectivity index is 1.68. The van der Waals surface area contributed by atoms with Crippen LogP contribution < -0.4 is 4.90 Å². The van der Waals surface area contributed by atoms with Gasteiger partial charge >= 0.3 is 0 Å². The lowest BCUT2D eigenvalue weighted by atomic mass is 9.92. The van der Waals surface area contributed by atoms with E-state index in [1.807, 2.05) is 37.4 Å². The minimum atomic E-state index is 0.0936. The van der Waals surface area contributed by atoms with Crippen LogP contribution in [-0.2, 0) is 6.54 Å². The molecule has 3 rings (SSSR count). The average Bonchev–Trinajstić information content (AvgIpc) is 3.13. The lowest BCUT2D eigenvalue weighted by Crippen LogP contribution is -2.38. The number of likely N-dealkylation sites (tertiary alicyclic amines) is 1. The van der Waals surface area contributed by atoms with Crippen LogP contribution in [0, 0.1) is 12.8 Å². The van der Waals surface area contributed by atoms with Gasteiger partial charge in [-0.1, -0.05) is 22.9 Å². The fourth-order valence-electron chi connectivity index (χ4n) is 3.04. The summed E-state index contributed by atoms with van der Waals surface area (Å²) in [4.78, 5) is 23.5. The van der Waals surface area contributed by atoms with Crippen molar-refractivity contribution in [3.63, 3.8) is 0 Å². The number of Topliss-reactive ketones (excluding diaryl/α,β-unsaturated/α-hetero) is 1. The molecule has 24 heavy (non-hydrogen) atoms. The number of aromatic nitrogens is 1. The minimum absolute atomic E-state index is 0.0936. The number of hydrogen-bond donors (Lipinski definition) is 0. The lowest BCUT2D eigenvalue weighted by Gasteiger charge is -2.31. The van der Waals surface area contributed by atoms with Crippen LogP contribution in [-0.4, -0.2) is 42.9 Å². The van der Waals surface area contributed by atoms with Crippen molar-refractivity contribution in [1.29, 1.82) is 0 Å². The molecule has 0 unspecified atom stereocenters. The fourth-order valence-corrected chi connectivity index (χ4v) is 5.20. The van der Waals surface area contributed by atoms with Gasteiger partial charge in [0.2, 0.25) is 0 Å². The molecule has 2 aromatic rings. The minimum Gasteiger partial charge on any atom is -0.354 e. The van der Waals surface area contributed by atoms with Gasteiger partial charge in [-0.2, -0.15) is 0 Å². The van der Waals surface area contributed by atoms with Crippen molar-refractivity contribution in [2.75, 3.05) is 32.1 Å². The van der Waals surface area contributed by atoms with E-state index in [2.05, 4.69) is 9.88 Å². The van der Waals surface area contributed by atoms with Crippen LogP contribution in [0.15, 0.2) is 11.4 Å². The van der Waals surface area contributed by atoms with Gasteiger partial charge in [-0.25, -0.2) is 4.98 Å². The van der Waals surface area contributed by atoms with Crippen LogP contribution in [0.25, 0.3) is 0 Å². The number of halogens is 1. The highest BCUT2D eigenvalue weighted by Crippen LogP contribution is 2.32. The van der Waals surface area contributed by atoms with Crippen molar-refractivity contribution in [2.45, 2.75) is 26.3 Å². The molecule has 1 saturated heterocycles. The molecule has 0 amide bonds. The molecular weight excluding hydrogens is 362 g/mol. The number of thiazole rings is 1. The van der Waals surface area contributed by atoms with Crippen molar-refractivity contribution in [3.05, 3.63) is 31.9 Å². The zero-order valence-electron chi connectivity index (χ0n) is 14.2.